The summed E-state index contributed by atoms with van der Waals surface area (Å²) in [4.78, 5) is 34.8. The SMILES string of the molecule is Cc1ccc(NC(=O)N[C@H]2CC[C@@H](Nc3nc4c(c(N(C)C)n3)CCCC4)CC2)cc1[N+](=O)[O-]. The van der Waals surface area contributed by atoms with Gasteiger partial charge in [-0.3, -0.25) is 10.1 Å². The summed E-state index contributed by atoms with van der Waals surface area (Å²) in [7, 11) is 4.05. The number of fused-ring (bicyclic) bond motifs is 1. The lowest BCUT2D eigenvalue weighted by Crippen LogP contribution is -2.42. The van der Waals surface area contributed by atoms with Crippen molar-refractivity contribution in [2.75, 3.05) is 29.6 Å². The fourth-order valence-electron chi connectivity index (χ4n) is 4.81. The van der Waals surface area contributed by atoms with Gasteiger partial charge in [-0.15, -0.1) is 0 Å². The Bertz CT molecular complexity index is 1060. The molecule has 2 amide bonds. The second-order valence-corrected chi connectivity index (χ2v) is 9.45. The van der Waals surface area contributed by atoms with Gasteiger partial charge in [0.2, 0.25) is 5.95 Å². The van der Waals surface area contributed by atoms with Crippen molar-refractivity contribution < 1.29 is 9.72 Å². The highest BCUT2D eigenvalue weighted by Crippen LogP contribution is 2.29. The summed E-state index contributed by atoms with van der Waals surface area (Å²) < 4.78 is 0. The molecule has 3 N–H and O–H groups in total. The van der Waals surface area contributed by atoms with Crippen molar-refractivity contribution in [3.63, 3.8) is 0 Å². The smallest absolute Gasteiger partial charge is 0.319 e. The number of benzene rings is 1. The van der Waals surface area contributed by atoms with Gasteiger partial charge in [0, 0.05) is 49.1 Å². The molecule has 10 nitrogen and oxygen atoms in total. The van der Waals surface area contributed by atoms with Gasteiger partial charge in [0.05, 0.1) is 10.6 Å². The van der Waals surface area contributed by atoms with Crippen LogP contribution in [-0.2, 0) is 12.8 Å². The van der Waals surface area contributed by atoms with Crippen molar-refractivity contribution in [1.82, 2.24) is 15.3 Å². The van der Waals surface area contributed by atoms with Crippen molar-refractivity contribution in [3.8, 4) is 0 Å². The van der Waals surface area contributed by atoms with Crippen LogP contribution in [0.25, 0.3) is 0 Å². The minimum Gasteiger partial charge on any atom is -0.362 e. The van der Waals surface area contributed by atoms with Gasteiger partial charge in [0.1, 0.15) is 5.82 Å². The first-order valence-corrected chi connectivity index (χ1v) is 12.0. The number of hydrogen-bond acceptors (Lipinski definition) is 7. The summed E-state index contributed by atoms with van der Waals surface area (Å²) in [5.41, 5.74) is 3.40. The van der Waals surface area contributed by atoms with Gasteiger partial charge < -0.3 is 20.9 Å². The van der Waals surface area contributed by atoms with Crippen LogP contribution in [0.3, 0.4) is 0 Å². The first kappa shape index (κ1) is 23.7. The molecule has 182 valence electrons. The largest absolute Gasteiger partial charge is 0.362 e. The Morgan fingerprint density at radius 1 is 1.09 bits per heavy atom. The number of carbonyl (C=O) groups is 1. The van der Waals surface area contributed by atoms with Crippen LogP contribution in [0.15, 0.2) is 18.2 Å². The lowest BCUT2D eigenvalue weighted by atomic mass is 9.91. The number of nitro groups is 1. The van der Waals surface area contributed by atoms with Crippen LogP contribution < -0.4 is 20.9 Å². The van der Waals surface area contributed by atoms with Crippen LogP contribution >= 0.6 is 0 Å². The van der Waals surface area contributed by atoms with Gasteiger partial charge in [0.15, 0.2) is 0 Å². The van der Waals surface area contributed by atoms with Crippen LogP contribution in [0.1, 0.15) is 55.3 Å². The molecule has 1 fully saturated rings. The van der Waals surface area contributed by atoms with Crippen molar-refractivity contribution in [2.45, 2.75) is 70.4 Å². The molecule has 0 spiro atoms. The number of hydrogen-bond donors (Lipinski definition) is 3. The topological polar surface area (TPSA) is 125 Å². The Labute approximate surface area is 199 Å². The van der Waals surface area contributed by atoms with Crippen molar-refractivity contribution in [3.05, 3.63) is 45.1 Å². The van der Waals surface area contributed by atoms with E-state index in [2.05, 4.69) is 20.9 Å². The Morgan fingerprint density at radius 2 is 1.79 bits per heavy atom. The van der Waals surface area contributed by atoms with Crippen molar-refractivity contribution in [1.29, 1.82) is 0 Å². The molecule has 0 bridgehead atoms. The molecule has 10 heteroatoms. The van der Waals surface area contributed by atoms with Gasteiger partial charge in [-0.05, 0) is 64.4 Å². The molecular formula is C24H33N7O3. The van der Waals surface area contributed by atoms with E-state index in [1.165, 1.54) is 24.5 Å². The average molecular weight is 468 g/mol. The molecule has 0 atom stereocenters. The van der Waals surface area contributed by atoms with E-state index in [-0.39, 0.29) is 23.8 Å². The fourth-order valence-corrected chi connectivity index (χ4v) is 4.81. The van der Waals surface area contributed by atoms with Crippen LogP contribution in [0.4, 0.5) is 27.9 Å². The number of aryl methyl sites for hydroxylation is 2. The molecule has 0 saturated heterocycles. The van der Waals surface area contributed by atoms with E-state index in [1.54, 1.807) is 19.1 Å². The number of nitrogens with one attached hydrogen (secondary N) is 3. The van der Waals surface area contributed by atoms with Gasteiger partial charge >= 0.3 is 6.03 Å². The quantitative estimate of drug-likeness (QED) is 0.430. The summed E-state index contributed by atoms with van der Waals surface area (Å²) in [6, 6.07) is 4.66. The van der Waals surface area contributed by atoms with E-state index >= 15 is 0 Å². The zero-order valence-electron chi connectivity index (χ0n) is 20.1. The predicted molar refractivity (Wildman–Crippen MR) is 133 cm³/mol. The van der Waals surface area contributed by atoms with E-state index in [1.807, 2.05) is 14.1 Å². The summed E-state index contributed by atoms with van der Waals surface area (Å²) in [5, 5.41) is 20.4. The maximum atomic E-state index is 12.4. The van der Waals surface area contributed by atoms with Crippen LogP contribution in [0.5, 0.6) is 0 Å². The molecule has 0 aliphatic heterocycles. The molecule has 1 aromatic heterocycles. The first-order chi connectivity index (χ1) is 16.3. The lowest BCUT2D eigenvalue weighted by Gasteiger charge is -2.30. The zero-order chi connectivity index (χ0) is 24.2. The number of anilines is 3. The third kappa shape index (κ3) is 5.55. The van der Waals surface area contributed by atoms with E-state index in [4.69, 9.17) is 9.97 Å². The van der Waals surface area contributed by atoms with Gasteiger partial charge in [-0.1, -0.05) is 6.07 Å². The summed E-state index contributed by atoms with van der Waals surface area (Å²) >= 11 is 0. The Hall–Kier alpha value is -3.43. The molecule has 34 heavy (non-hydrogen) atoms. The zero-order valence-corrected chi connectivity index (χ0v) is 20.1. The Balaban J connectivity index is 1.30. The van der Waals surface area contributed by atoms with Crippen LogP contribution in [0.2, 0.25) is 0 Å². The van der Waals surface area contributed by atoms with E-state index in [9.17, 15) is 14.9 Å². The molecule has 2 aliphatic rings. The third-order valence-corrected chi connectivity index (χ3v) is 6.64. The summed E-state index contributed by atoms with van der Waals surface area (Å²) in [6.07, 6.45) is 7.88. The Morgan fingerprint density at radius 3 is 2.50 bits per heavy atom. The number of aromatic nitrogens is 2. The van der Waals surface area contributed by atoms with Crippen LogP contribution in [0, 0.1) is 17.0 Å². The van der Waals surface area contributed by atoms with E-state index in [0.717, 1.165) is 50.0 Å². The molecular weight excluding hydrogens is 434 g/mol. The second-order valence-electron chi connectivity index (χ2n) is 9.45. The molecule has 1 saturated carbocycles. The number of carbonyl (C=O) groups excluding carboxylic acids is 1. The molecule has 1 aromatic carbocycles. The molecule has 2 aliphatic carbocycles. The number of amides is 2. The highest BCUT2D eigenvalue weighted by atomic mass is 16.6. The Kier molecular flexibility index (Phi) is 7.14. The normalized spacial score (nSPS) is 19.6. The molecule has 0 radical (unpaired) electrons. The van der Waals surface area contributed by atoms with E-state index < -0.39 is 4.92 Å². The fraction of sp³-hybridized carbons (Fsp3) is 0.542. The van der Waals surface area contributed by atoms with Crippen molar-refractivity contribution >= 4 is 29.2 Å². The number of nitro benzene ring substituents is 1. The summed E-state index contributed by atoms with van der Waals surface area (Å²) in [6.45, 7) is 1.67. The predicted octanol–water partition coefficient (Wildman–Crippen LogP) is 4.18. The minimum absolute atomic E-state index is 0.00814. The number of rotatable bonds is 6. The maximum absolute atomic E-state index is 12.4. The number of urea groups is 1. The van der Waals surface area contributed by atoms with Gasteiger partial charge in [-0.2, -0.15) is 4.98 Å². The monoisotopic (exact) mass is 467 g/mol. The molecule has 2 aromatic rings. The third-order valence-electron chi connectivity index (χ3n) is 6.64. The van der Waals surface area contributed by atoms with E-state index in [0.29, 0.717) is 17.2 Å². The van der Waals surface area contributed by atoms with Crippen LogP contribution in [-0.4, -0.2) is 47.1 Å². The average Bonchev–Trinajstić information content (AvgIpc) is 2.80. The minimum atomic E-state index is -0.444. The summed E-state index contributed by atoms with van der Waals surface area (Å²) in [5.74, 6) is 1.70. The lowest BCUT2D eigenvalue weighted by molar-refractivity contribution is -0.385. The number of nitrogens with zero attached hydrogens (tertiary/aromatic N) is 4. The molecule has 1 heterocycles. The second kappa shape index (κ2) is 10.2. The van der Waals surface area contributed by atoms with Gasteiger partial charge in [0.25, 0.3) is 5.69 Å². The maximum Gasteiger partial charge on any atom is 0.319 e. The molecule has 4 rings (SSSR count). The first-order valence-electron chi connectivity index (χ1n) is 12.0. The molecule has 0 unspecified atom stereocenters. The highest BCUT2D eigenvalue weighted by molar-refractivity contribution is 5.89. The van der Waals surface area contributed by atoms with Crippen molar-refractivity contribution in [2.24, 2.45) is 0 Å². The standard InChI is InChI=1S/C24H33N7O3/c1-15-8-9-18(14-21(15)31(33)34)27-24(32)26-17-12-10-16(11-13-17)25-23-28-20-7-5-4-6-19(20)22(29-23)30(2)3/h8-9,14,16-17H,4-7,10-13H2,1-3H3,(H,25,28,29)(H2,26,27,32)/t16-,17+. The van der Waals surface area contributed by atoms with Gasteiger partial charge in [-0.25, -0.2) is 9.78 Å². The highest BCUT2D eigenvalue weighted by Gasteiger charge is 2.25.